The van der Waals surface area contributed by atoms with Crippen molar-refractivity contribution in [2.75, 3.05) is 20.3 Å². The van der Waals surface area contributed by atoms with E-state index in [2.05, 4.69) is 43.8 Å². The summed E-state index contributed by atoms with van der Waals surface area (Å²) in [6.45, 7) is 1.29. The zero-order chi connectivity index (χ0) is 12.7. The molecule has 1 N–H and O–H groups in total. The van der Waals surface area contributed by atoms with E-state index in [0.29, 0.717) is 13.2 Å². The van der Waals surface area contributed by atoms with Crippen molar-refractivity contribution in [2.24, 2.45) is 0 Å². The summed E-state index contributed by atoms with van der Waals surface area (Å²) >= 11 is 5.65. The van der Waals surface area contributed by atoms with E-state index in [9.17, 15) is 4.79 Å². The number of alkyl halides is 1. The lowest BCUT2D eigenvalue weighted by Gasteiger charge is -2.10. The summed E-state index contributed by atoms with van der Waals surface area (Å²) in [5.74, 6) is -0.0212. The molecule has 0 saturated carbocycles. The molecule has 5 heteroatoms. The molecule has 0 aliphatic heterocycles. The van der Waals surface area contributed by atoms with Crippen molar-refractivity contribution in [2.45, 2.75) is 11.2 Å². The summed E-state index contributed by atoms with van der Waals surface area (Å²) in [7, 11) is 1.67. The van der Waals surface area contributed by atoms with Gasteiger partial charge >= 0.3 is 0 Å². The van der Waals surface area contributed by atoms with Crippen LogP contribution < -0.4 is 5.32 Å². The first-order valence-corrected chi connectivity index (χ1v) is 7.30. The number of hydrogen-bond acceptors (Lipinski definition) is 2. The van der Waals surface area contributed by atoms with Crippen LogP contribution in [0, 0.1) is 3.57 Å². The number of nitrogens with one attached hydrogen (secondary N) is 1. The average Bonchev–Trinajstić information content (AvgIpc) is 2.29. The van der Waals surface area contributed by atoms with E-state index >= 15 is 0 Å². The zero-order valence-corrected chi connectivity index (χ0v) is 13.3. The number of methoxy groups -OCH3 is 1. The highest BCUT2D eigenvalue weighted by molar-refractivity contribution is 14.1. The van der Waals surface area contributed by atoms with Crippen LogP contribution in [0.2, 0.25) is 0 Å². The molecule has 0 aliphatic carbocycles. The van der Waals surface area contributed by atoms with E-state index < -0.39 is 0 Å². The van der Waals surface area contributed by atoms with E-state index in [4.69, 9.17) is 4.74 Å². The molecule has 0 fully saturated rings. The third-order valence-corrected chi connectivity index (χ3v) is 3.87. The molecule has 1 rings (SSSR count). The van der Waals surface area contributed by atoms with E-state index in [0.717, 1.165) is 15.6 Å². The summed E-state index contributed by atoms with van der Waals surface area (Å²) in [5.41, 5.74) is 0.728. The molecule has 1 atom stereocenters. The Morgan fingerprint density at radius 1 is 1.53 bits per heavy atom. The molecule has 0 radical (unpaired) electrons. The highest BCUT2D eigenvalue weighted by atomic mass is 127. The molecule has 0 aromatic heterocycles. The molecule has 94 valence electrons. The summed E-state index contributed by atoms with van der Waals surface area (Å²) in [6, 6.07) is 7.55. The number of ether oxygens (including phenoxy) is 1. The van der Waals surface area contributed by atoms with Gasteiger partial charge in [0.1, 0.15) is 0 Å². The molecule has 0 bridgehead atoms. The minimum atomic E-state index is -0.0212. The zero-order valence-electron chi connectivity index (χ0n) is 9.58. The van der Waals surface area contributed by atoms with Crippen LogP contribution >= 0.6 is 38.5 Å². The fourth-order valence-corrected chi connectivity index (χ4v) is 2.47. The summed E-state index contributed by atoms with van der Waals surface area (Å²) in [5, 5.41) is 2.90. The van der Waals surface area contributed by atoms with Gasteiger partial charge in [-0.25, -0.2) is 0 Å². The number of rotatable bonds is 6. The highest BCUT2D eigenvalue weighted by Gasteiger charge is 2.09. The minimum Gasteiger partial charge on any atom is -0.384 e. The van der Waals surface area contributed by atoms with Crippen LogP contribution in [0.5, 0.6) is 0 Å². The SMILES string of the molecule is COCC(Br)CCNC(=O)c1ccccc1I. The van der Waals surface area contributed by atoms with Crippen LogP contribution in [0.1, 0.15) is 16.8 Å². The maximum atomic E-state index is 11.8. The molecule has 0 heterocycles. The van der Waals surface area contributed by atoms with Crippen molar-refractivity contribution in [1.29, 1.82) is 0 Å². The Labute approximate surface area is 124 Å². The predicted molar refractivity (Wildman–Crippen MR) is 80.7 cm³/mol. The largest absolute Gasteiger partial charge is 0.384 e. The lowest BCUT2D eigenvalue weighted by atomic mass is 10.2. The van der Waals surface area contributed by atoms with Crippen LogP contribution in [0.3, 0.4) is 0 Å². The first kappa shape index (κ1) is 14.9. The number of carbonyl (C=O) groups is 1. The second-order valence-electron chi connectivity index (χ2n) is 3.58. The van der Waals surface area contributed by atoms with Gasteiger partial charge in [0, 0.05) is 22.1 Å². The van der Waals surface area contributed by atoms with Crippen LogP contribution in [-0.4, -0.2) is 31.0 Å². The topological polar surface area (TPSA) is 38.3 Å². The molecule has 0 aliphatic rings. The molecule has 1 aromatic carbocycles. The van der Waals surface area contributed by atoms with Crippen LogP contribution in [-0.2, 0) is 4.74 Å². The van der Waals surface area contributed by atoms with E-state index in [1.54, 1.807) is 7.11 Å². The van der Waals surface area contributed by atoms with E-state index in [1.165, 1.54) is 0 Å². The fourth-order valence-electron chi connectivity index (χ4n) is 1.35. The number of carbonyl (C=O) groups excluding carboxylic acids is 1. The van der Waals surface area contributed by atoms with Gasteiger partial charge in [0.15, 0.2) is 0 Å². The Morgan fingerprint density at radius 3 is 2.88 bits per heavy atom. The van der Waals surface area contributed by atoms with Crippen molar-refractivity contribution in [3.63, 3.8) is 0 Å². The first-order valence-electron chi connectivity index (χ1n) is 5.31. The lowest BCUT2D eigenvalue weighted by Crippen LogP contribution is -2.27. The molecule has 0 spiro atoms. The van der Waals surface area contributed by atoms with Gasteiger partial charge in [-0.15, -0.1) is 0 Å². The second kappa shape index (κ2) is 8.05. The van der Waals surface area contributed by atoms with Gasteiger partial charge in [-0.05, 0) is 41.1 Å². The molecule has 17 heavy (non-hydrogen) atoms. The molecule has 1 amide bonds. The van der Waals surface area contributed by atoms with Crippen molar-refractivity contribution in [1.82, 2.24) is 5.32 Å². The number of benzene rings is 1. The van der Waals surface area contributed by atoms with Crippen molar-refractivity contribution in [3.8, 4) is 0 Å². The maximum absolute atomic E-state index is 11.8. The minimum absolute atomic E-state index is 0.0212. The molecule has 3 nitrogen and oxygen atoms in total. The summed E-state index contributed by atoms with van der Waals surface area (Å²) < 4.78 is 5.97. The van der Waals surface area contributed by atoms with Crippen LogP contribution in [0.25, 0.3) is 0 Å². The molecular formula is C12H15BrINO2. The quantitative estimate of drug-likeness (QED) is 0.577. The summed E-state index contributed by atoms with van der Waals surface area (Å²) in [6.07, 6.45) is 0.850. The van der Waals surface area contributed by atoms with Gasteiger partial charge in [0.05, 0.1) is 12.2 Å². The second-order valence-corrected chi connectivity index (χ2v) is 6.03. The summed E-state index contributed by atoms with van der Waals surface area (Å²) in [4.78, 5) is 12.1. The van der Waals surface area contributed by atoms with Gasteiger partial charge in [0.2, 0.25) is 0 Å². The van der Waals surface area contributed by atoms with E-state index in [-0.39, 0.29) is 10.7 Å². The van der Waals surface area contributed by atoms with Crippen LogP contribution in [0.4, 0.5) is 0 Å². The Hall–Kier alpha value is -0.140. The molecule has 1 unspecified atom stereocenters. The average molecular weight is 412 g/mol. The Morgan fingerprint density at radius 2 is 2.24 bits per heavy atom. The van der Waals surface area contributed by atoms with Gasteiger partial charge in [-0.1, -0.05) is 28.1 Å². The van der Waals surface area contributed by atoms with Crippen molar-refractivity contribution >= 4 is 44.4 Å². The number of hydrogen-bond donors (Lipinski definition) is 1. The van der Waals surface area contributed by atoms with Gasteiger partial charge < -0.3 is 10.1 Å². The highest BCUT2D eigenvalue weighted by Crippen LogP contribution is 2.11. The monoisotopic (exact) mass is 411 g/mol. The predicted octanol–water partition coefficient (Wildman–Crippen LogP) is 2.82. The molecular weight excluding hydrogens is 397 g/mol. The molecule has 0 saturated heterocycles. The van der Waals surface area contributed by atoms with Crippen molar-refractivity contribution < 1.29 is 9.53 Å². The Kier molecular flexibility index (Phi) is 7.06. The fraction of sp³-hybridized carbons (Fsp3) is 0.417. The first-order chi connectivity index (χ1) is 8.15. The standard InChI is InChI=1S/C12H15BrINO2/c1-17-8-9(13)6-7-15-12(16)10-4-2-3-5-11(10)14/h2-5,9H,6-8H2,1H3,(H,15,16). The number of amides is 1. The lowest BCUT2D eigenvalue weighted by molar-refractivity contribution is 0.0951. The van der Waals surface area contributed by atoms with Crippen LogP contribution in [0.15, 0.2) is 24.3 Å². The van der Waals surface area contributed by atoms with Gasteiger partial charge in [-0.3, -0.25) is 4.79 Å². The Bertz CT molecular complexity index is 373. The third kappa shape index (κ3) is 5.35. The van der Waals surface area contributed by atoms with E-state index in [1.807, 2.05) is 24.3 Å². The smallest absolute Gasteiger partial charge is 0.252 e. The van der Waals surface area contributed by atoms with Gasteiger partial charge in [-0.2, -0.15) is 0 Å². The maximum Gasteiger partial charge on any atom is 0.252 e. The van der Waals surface area contributed by atoms with Crippen molar-refractivity contribution in [3.05, 3.63) is 33.4 Å². The molecule has 1 aromatic rings. The normalized spacial score (nSPS) is 12.2. The Balaban J connectivity index is 2.38. The number of halogens is 2. The third-order valence-electron chi connectivity index (χ3n) is 2.21. The van der Waals surface area contributed by atoms with Gasteiger partial charge in [0.25, 0.3) is 5.91 Å².